The molecule has 17 heavy (non-hydrogen) atoms. The van der Waals surface area contributed by atoms with E-state index in [4.69, 9.17) is 0 Å². The van der Waals surface area contributed by atoms with Crippen LogP contribution in [0.15, 0.2) is 0 Å². The van der Waals surface area contributed by atoms with E-state index in [0.29, 0.717) is 5.41 Å². The van der Waals surface area contributed by atoms with Crippen LogP contribution in [0.4, 0.5) is 0 Å². The molecule has 0 nitrogen and oxygen atoms in total. The molecule has 0 aliphatic carbocycles. The zero-order valence-corrected chi connectivity index (χ0v) is 13.5. The first-order chi connectivity index (χ1) is 7.98. The van der Waals surface area contributed by atoms with E-state index in [0.717, 1.165) is 17.8 Å². The summed E-state index contributed by atoms with van der Waals surface area (Å²) >= 11 is 0. The van der Waals surface area contributed by atoms with E-state index in [1.54, 1.807) is 0 Å². The van der Waals surface area contributed by atoms with Crippen molar-refractivity contribution in [1.29, 1.82) is 0 Å². The molecule has 104 valence electrons. The zero-order chi connectivity index (χ0) is 13.5. The zero-order valence-electron chi connectivity index (χ0n) is 13.5. The number of rotatable bonds is 9. The first-order valence-electron chi connectivity index (χ1n) is 7.98. The number of hydrogen-bond acceptors (Lipinski definition) is 0. The van der Waals surface area contributed by atoms with Crippen molar-refractivity contribution in [3.05, 3.63) is 0 Å². The average Bonchev–Trinajstić information content (AvgIpc) is 2.35. The standard InChI is InChI=1S/C17H36/c1-8-12-13-15(6)17(7,14(5)9-2)16(10-3)11-4/h14-16H,8-13H2,1-7H3. The molecule has 0 saturated carbocycles. The molecule has 0 bridgehead atoms. The molecule has 0 N–H and O–H groups in total. The van der Waals surface area contributed by atoms with Gasteiger partial charge in [-0.15, -0.1) is 0 Å². The van der Waals surface area contributed by atoms with Gasteiger partial charge in [0, 0.05) is 0 Å². The van der Waals surface area contributed by atoms with Gasteiger partial charge in [-0.05, 0) is 23.2 Å². The third-order valence-corrected chi connectivity index (χ3v) is 5.59. The van der Waals surface area contributed by atoms with Crippen LogP contribution in [0.25, 0.3) is 0 Å². The Morgan fingerprint density at radius 3 is 1.71 bits per heavy atom. The van der Waals surface area contributed by atoms with E-state index in [-0.39, 0.29) is 0 Å². The van der Waals surface area contributed by atoms with E-state index in [9.17, 15) is 0 Å². The van der Waals surface area contributed by atoms with Crippen molar-refractivity contribution in [3.8, 4) is 0 Å². The Bertz CT molecular complexity index is 180. The molecule has 3 unspecified atom stereocenters. The number of unbranched alkanes of at least 4 members (excludes halogenated alkanes) is 1. The van der Waals surface area contributed by atoms with Crippen LogP contribution in [-0.4, -0.2) is 0 Å². The van der Waals surface area contributed by atoms with Crippen molar-refractivity contribution in [3.63, 3.8) is 0 Å². The van der Waals surface area contributed by atoms with Gasteiger partial charge in [-0.2, -0.15) is 0 Å². The fourth-order valence-electron chi connectivity index (χ4n) is 3.72. The molecule has 0 saturated heterocycles. The summed E-state index contributed by atoms with van der Waals surface area (Å²) in [4.78, 5) is 0. The molecule has 0 aromatic heterocycles. The predicted octanol–water partition coefficient (Wildman–Crippen LogP) is 6.30. The van der Waals surface area contributed by atoms with Gasteiger partial charge < -0.3 is 0 Å². The lowest BCUT2D eigenvalue weighted by Crippen LogP contribution is -2.39. The van der Waals surface area contributed by atoms with Crippen molar-refractivity contribution in [2.75, 3.05) is 0 Å². The van der Waals surface area contributed by atoms with Crippen LogP contribution in [0.1, 0.15) is 87.0 Å². The largest absolute Gasteiger partial charge is 0.0654 e. The molecular formula is C17H36. The summed E-state index contributed by atoms with van der Waals surface area (Å²) in [6.45, 7) is 17.0. The SMILES string of the molecule is CCCCC(C)C(C)(C(C)CC)C(CC)CC. The quantitative estimate of drug-likeness (QED) is 0.443. The monoisotopic (exact) mass is 240 g/mol. The van der Waals surface area contributed by atoms with Crippen molar-refractivity contribution >= 4 is 0 Å². The maximum absolute atomic E-state index is 2.57. The van der Waals surface area contributed by atoms with Gasteiger partial charge in [-0.25, -0.2) is 0 Å². The van der Waals surface area contributed by atoms with Gasteiger partial charge >= 0.3 is 0 Å². The van der Waals surface area contributed by atoms with Gasteiger partial charge in [-0.3, -0.25) is 0 Å². The maximum Gasteiger partial charge on any atom is -0.0246 e. The average molecular weight is 240 g/mol. The molecule has 0 rings (SSSR count). The summed E-state index contributed by atoms with van der Waals surface area (Å²) in [5, 5.41) is 0. The lowest BCUT2D eigenvalue weighted by Gasteiger charge is -2.47. The Morgan fingerprint density at radius 1 is 0.824 bits per heavy atom. The molecule has 0 fully saturated rings. The highest BCUT2D eigenvalue weighted by atomic mass is 14.4. The lowest BCUT2D eigenvalue weighted by molar-refractivity contribution is 0.0226. The van der Waals surface area contributed by atoms with E-state index in [1.807, 2.05) is 0 Å². The van der Waals surface area contributed by atoms with Crippen molar-refractivity contribution in [2.24, 2.45) is 23.2 Å². The smallest absolute Gasteiger partial charge is 0.0246 e. The maximum atomic E-state index is 2.57. The Hall–Kier alpha value is 0. The topological polar surface area (TPSA) is 0 Å². The summed E-state index contributed by atoms with van der Waals surface area (Å²) in [6, 6.07) is 0. The molecule has 0 aliphatic heterocycles. The van der Waals surface area contributed by atoms with Crippen LogP contribution >= 0.6 is 0 Å². The molecule has 0 aliphatic rings. The van der Waals surface area contributed by atoms with Gasteiger partial charge in [0.1, 0.15) is 0 Å². The Morgan fingerprint density at radius 2 is 1.35 bits per heavy atom. The van der Waals surface area contributed by atoms with Crippen LogP contribution in [0.2, 0.25) is 0 Å². The van der Waals surface area contributed by atoms with E-state index < -0.39 is 0 Å². The lowest BCUT2D eigenvalue weighted by atomic mass is 9.58. The Labute approximate surface area is 111 Å². The number of hydrogen-bond donors (Lipinski definition) is 0. The molecule has 0 spiro atoms. The summed E-state index contributed by atoms with van der Waals surface area (Å²) < 4.78 is 0. The molecule has 0 aromatic carbocycles. The fraction of sp³-hybridized carbons (Fsp3) is 1.00. The van der Waals surface area contributed by atoms with Gasteiger partial charge in [-0.1, -0.05) is 87.0 Å². The first kappa shape index (κ1) is 17.0. The van der Waals surface area contributed by atoms with Crippen LogP contribution in [0, 0.1) is 23.2 Å². The van der Waals surface area contributed by atoms with Crippen molar-refractivity contribution < 1.29 is 0 Å². The Kier molecular flexibility index (Phi) is 8.16. The third kappa shape index (κ3) is 4.00. The highest BCUT2D eigenvalue weighted by Gasteiger charge is 2.40. The molecular weight excluding hydrogens is 204 g/mol. The summed E-state index contributed by atoms with van der Waals surface area (Å²) in [6.07, 6.45) is 8.15. The van der Waals surface area contributed by atoms with Crippen LogP contribution in [0.5, 0.6) is 0 Å². The van der Waals surface area contributed by atoms with Crippen molar-refractivity contribution in [1.82, 2.24) is 0 Å². The second-order valence-electron chi connectivity index (χ2n) is 6.23. The van der Waals surface area contributed by atoms with Gasteiger partial charge in [0.05, 0.1) is 0 Å². The summed E-state index contributed by atoms with van der Waals surface area (Å²) in [5.74, 6) is 2.60. The van der Waals surface area contributed by atoms with E-state index in [1.165, 1.54) is 38.5 Å². The minimum Gasteiger partial charge on any atom is -0.0654 e. The fourth-order valence-corrected chi connectivity index (χ4v) is 3.72. The molecule has 0 heteroatoms. The minimum atomic E-state index is 0.535. The highest BCUT2D eigenvalue weighted by Crippen LogP contribution is 2.48. The molecule has 0 aromatic rings. The van der Waals surface area contributed by atoms with Gasteiger partial charge in [0.25, 0.3) is 0 Å². The van der Waals surface area contributed by atoms with Crippen LogP contribution in [0.3, 0.4) is 0 Å². The molecule has 0 heterocycles. The summed E-state index contributed by atoms with van der Waals surface area (Å²) in [7, 11) is 0. The van der Waals surface area contributed by atoms with E-state index >= 15 is 0 Å². The van der Waals surface area contributed by atoms with E-state index in [2.05, 4.69) is 48.5 Å². The van der Waals surface area contributed by atoms with Gasteiger partial charge in [0.15, 0.2) is 0 Å². The Balaban J connectivity index is 4.93. The predicted molar refractivity (Wildman–Crippen MR) is 80.3 cm³/mol. The molecule has 0 amide bonds. The summed E-state index contributed by atoms with van der Waals surface area (Å²) in [5.41, 5.74) is 0.535. The third-order valence-electron chi connectivity index (χ3n) is 5.59. The van der Waals surface area contributed by atoms with Crippen molar-refractivity contribution in [2.45, 2.75) is 87.0 Å². The van der Waals surface area contributed by atoms with Crippen LogP contribution in [-0.2, 0) is 0 Å². The van der Waals surface area contributed by atoms with Gasteiger partial charge in [0.2, 0.25) is 0 Å². The minimum absolute atomic E-state index is 0.535. The van der Waals surface area contributed by atoms with Crippen LogP contribution < -0.4 is 0 Å². The highest BCUT2D eigenvalue weighted by molar-refractivity contribution is 4.89. The molecule has 0 radical (unpaired) electrons. The second-order valence-corrected chi connectivity index (χ2v) is 6.23. The normalized spacial score (nSPS) is 19.1. The molecule has 3 atom stereocenters. The second kappa shape index (κ2) is 8.16. The first-order valence-corrected chi connectivity index (χ1v) is 7.98.